The molecular weight excluding hydrogens is 204 g/mol. The van der Waals surface area contributed by atoms with Gasteiger partial charge < -0.3 is 0 Å². The smallest absolute Gasteiger partial charge is 0.000728 e. The van der Waals surface area contributed by atoms with E-state index in [1.54, 1.807) is 0 Å². The van der Waals surface area contributed by atoms with Crippen molar-refractivity contribution >= 4 is 10.8 Å². The fraction of sp³-hybridized carbons (Fsp3) is 0.0588. The lowest BCUT2D eigenvalue weighted by Crippen LogP contribution is -1.83. The summed E-state index contributed by atoms with van der Waals surface area (Å²) in [5, 5.41) is 2.57. The van der Waals surface area contributed by atoms with Crippen LogP contribution in [0.4, 0.5) is 0 Å². The number of fused-ring (bicyclic) bond motifs is 5. The first-order valence-electron chi connectivity index (χ1n) is 5.94. The first-order chi connectivity index (χ1) is 8.43. The third-order valence-corrected chi connectivity index (χ3v) is 3.62. The third-order valence-electron chi connectivity index (χ3n) is 3.62. The summed E-state index contributed by atoms with van der Waals surface area (Å²) in [5.74, 6) is 0. The molecular formula is C17H11. The first kappa shape index (κ1) is 9.00. The van der Waals surface area contributed by atoms with Gasteiger partial charge in [-0.15, -0.1) is 0 Å². The Bertz CT molecular complexity index is 723. The van der Waals surface area contributed by atoms with Crippen molar-refractivity contribution in [2.45, 2.75) is 6.42 Å². The van der Waals surface area contributed by atoms with E-state index in [0.29, 0.717) is 0 Å². The van der Waals surface area contributed by atoms with Crippen LogP contribution in [-0.4, -0.2) is 0 Å². The highest BCUT2D eigenvalue weighted by molar-refractivity contribution is 5.94. The van der Waals surface area contributed by atoms with E-state index in [2.05, 4.69) is 60.7 Å². The average Bonchev–Trinajstić information content (AvgIpc) is 2.78. The predicted molar refractivity (Wildman–Crippen MR) is 71.0 cm³/mol. The van der Waals surface area contributed by atoms with Crippen molar-refractivity contribution in [2.24, 2.45) is 0 Å². The van der Waals surface area contributed by atoms with E-state index in [0.717, 1.165) is 6.42 Å². The van der Waals surface area contributed by atoms with Gasteiger partial charge in [-0.3, -0.25) is 0 Å². The van der Waals surface area contributed by atoms with E-state index in [9.17, 15) is 0 Å². The van der Waals surface area contributed by atoms with Gasteiger partial charge >= 0.3 is 0 Å². The number of benzene rings is 3. The molecule has 0 heteroatoms. The van der Waals surface area contributed by atoms with Crippen LogP contribution in [0.25, 0.3) is 21.9 Å². The minimum absolute atomic E-state index is 1.06. The molecule has 0 N–H and O–H groups in total. The molecule has 0 nitrogen and oxygen atoms in total. The van der Waals surface area contributed by atoms with Crippen LogP contribution in [-0.2, 0) is 6.42 Å². The van der Waals surface area contributed by atoms with Crippen molar-refractivity contribution in [3.63, 3.8) is 0 Å². The van der Waals surface area contributed by atoms with Crippen molar-refractivity contribution in [2.75, 3.05) is 0 Å². The zero-order valence-electron chi connectivity index (χ0n) is 9.40. The minimum Gasteiger partial charge on any atom is -0.0619 e. The molecule has 17 heavy (non-hydrogen) atoms. The van der Waals surface area contributed by atoms with E-state index in [4.69, 9.17) is 0 Å². The molecule has 3 aromatic carbocycles. The van der Waals surface area contributed by atoms with Gasteiger partial charge in [0.15, 0.2) is 0 Å². The van der Waals surface area contributed by atoms with Crippen molar-refractivity contribution in [1.82, 2.24) is 0 Å². The molecule has 0 unspecified atom stereocenters. The Morgan fingerprint density at radius 3 is 2.65 bits per heavy atom. The molecule has 0 fully saturated rings. The van der Waals surface area contributed by atoms with E-state index in [-0.39, 0.29) is 0 Å². The molecule has 1 radical (unpaired) electrons. The molecule has 0 saturated carbocycles. The number of hydrogen-bond acceptors (Lipinski definition) is 0. The average molecular weight is 215 g/mol. The maximum absolute atomic E-state index is 3.39. The fourth-order valence-corrected chi connectivity index (χ4v) is 2.81. The van der Waals surface area contributed by atoms with Crippen LogP contribution in [0.3, 0.4) is 0 Å². The van der Waals surface area contributed by atoms with Crippen molar-refractivity contribution in [1.29, 1.82) is 0 Å². The lowest BCUT2D eigenvalue weighted by atomic mass is 9.99. The number of rotatable bonds is 0. The lowest BCUT2D eigenvalue weighted by Gasteiger charge is -2.04. The van der Waals surface area contributed by atoms with Crippen molar-refractivity contribution < 1.29 is 0 Å². The van der Waals surface area contributed by atoms with Gasteiger partial charge in [-0.1, -0.05) is 48.5 Å². The molecule has 1 aliphatic carbocycles. The van der Waals surface area contributed by atoms with Gasteiger partial charge in [0.05, 0.1) is 0 Å². The summed E-state index contributed by atoms with van der Waals surface area (Å²) >= 11 is 0. The first-order valence-corrected chi connectivity index (χ1v) is 5.94. The van der Waals surface area contributed by atoms with Crippen LogP contribution in [0.1, 0.15) is 11.1 Å². The zero-order chi connectivity index (χ0) is 11.2. The van der Waals surface area contributed by atoms with Crippen LogP contribution < -0.4 is 0 Å². The maximum atomic E-state index is 3.39. The summed E-state index contributed by atoms with van der Waals surface area (Å²) in [4.78, 5) is 0. The van der Waals surface area contributed by atoms with E-state index >= 15 is 0 Å². The predicted octanol–water partition coefficient (Wildman–Crippen LogP) is 4.21. The number of hydrogen-bond donors (Lipinski definition) is 0. The summed E-state index contributed by atoms with van der Waals surface area (Å²) in [6.45, 7) is 0. The Morgan fingerprint density at radius 2 is 1.65 bits per heavy atom. The van der Waals surface area contributed by atoms with Gasteiger partial charge in [0.1, 0.15) is 0 Å². The quantitative estimate of drug-likeness (QED) is 0.412. The monoisotopic (exact) mass is 215 g/mol. The standard InChI is InChI=1S/C17H11/c1-3-7-14-12(5-1)9-10-16-15-8-4-2-6-13(15)11-17(14)16/h1-8,10H,11H2. The molecule has 0 heterocycles. The van der Waals surface area contributed by atoms with Gasteiger partial charge in [-0.05, 0) is 51.6 Å². The maximum Gasteiger partial charge on any atom is -0.000728 e. The molecule has 79 valence electrons. The van der Waals surface area contributed by atoms with Crippen LogP contribution in [0, 0.1) is 6.07 Å². The Labute approximate surface area is 101 Å². The van der Waals surface area contributed by atoms with Gasteiger partial charge in [-0.25, -0.2) is 0 Å². The largest absolute Gasteiger partial charge is 0.0619 e. The topological polar surface area (TPSA) is 0 Å². The molecule has 0 aliphatic heterocycles. The third kappa shape index (κ3) is 1.18. The summed E-state index contributed by atoms with van der Waals surface area (Å²) in [7, 11) is 0. The normalized spacial score (nSPS) is 12.5. The SMILES string of the molecule is [c]1cc2c(c3ccccc13)Cc1ccccc1-2. The molecule has 0 saturated heterocycles. The lowest BCUT2D eigenvalue weighted by molar-refractivity contribution is 1.28. The van der Waals surface area contributed by atoms with Crippen molar-refractivity contribution in [3.8, 4) is 11.1 Å². The van der Waals surface area contributed by atoms with Gasteiger partial charge in [0.2, 0.25) is 0 Å². The van der Waals surface area contributed by atoms with E-state index in [1.165, 1.54) is 33.0 Å². The van der Waals surface area contributed by atoms with Crippen LogP contribution >= 0.6 is 0 Å². The summed E-state index contributed by atoms with van der Waals surface area (Å²) < 4.78 is 0. The van der Waals surface area contributed by atoms with E-state index < -0.39 is 0 Å². The highest BCUT2D eigenvalue weighted by atomic mass is 14.2. The molecule has 0 amide bonds. The second-order valence-corrected chi connectivity index (χ2v) is 4.56. The zero-order valence-corrected chi connectivity index (χ0v) is 9.40. The van der Waals surface area contributed by atoms with Gasteiger partial charge in [-0.2, -0.15) is 0 Å². The fourth-order valence-electron chi connectivity index (χ4n) is 2.81. The minimum atomic E-state index is 1.06. The Balaban J connectivity index is 2.11. The molecule has 0 aromatic heterocycles. The Kier molecular flexibility index (Phi) is 1.70. The Morgan fingerprint density at radius 1 is 0.824 bits per heavy atom. The molecule has 0 spiro atoms. The van der Waals surface area contributed by atoms with E-state index in [1.807, 2.05) is 0 Å². The highest BCUT2D eigenvalue weighted by Crippen LogP contribution is 2.39. The summed E-state index contributed by atoms with van der Waals surface area (Å²) in [6, 6.07) is 22.7. The van der Waals surface area contributed by atoms with Crippen molar-refractivity contribution in [3.05, 3.63) is 71.8 Å². The van der Waals surface area contributed by atoms with Gasteiger partial charge in [0.25, 0.3) is 0 Å². The summed E-state index contributed by atoms with van der Waals surface area (Å²) in [5.41, 5.74) is 5.64. The Hall–Kier alpha value is -2.08. The summed E-state index contributed by atoms with van der Waals surface area (Å²) in [6.07, 6.45) is 1.06. The second-order valence-electron chi connectivity index (χ2n) is 4.56. The highest BCUT2D eigenvalue weighted by Gasteiger charge is 2.19. The molecule has 4 rings (SSSR count). The van der Waals surface area contributed by atoms with Crippen LogP contribution in [0.2, 0.25) is 0 Å². The van der Waals surface area contributed by atoms with Crippen LogP contribution in [0.5, 0.6) is 0 Å². The van der Waals surface area contributed by atoms with Crippen LogP contribution in [0.15, 0.2) is 54.6 Å². The molecule has 1 aliphatic rings. The second kappa shape index (κ2) is 3.21. The molecule has 3 aromatic rings. The molecule has 0 bridgehead atoms. The molecule has 0 atom stereocenters. The van der Waals surface area contributed by atoms with Gasteiger partial charge in [0, 0.05) is 0 Å².